The Labute approximate surface area is 190 Å². The van der Waals surface area contributed by atoms with E-state index in [2.05, 4.69) is 52.4 Å². The van der Waals surface area contributed by atoms with E-state index in [1.807, 2.05) is 6.07 Å². The van der Waals surface area contributed by atoms with E-state index in [0.29, 0.717) is 42.6 Å². The number of morpholine rings is 1. The molecule has 32 heavy (non-hydrogen) atoms. The minimum atomic E-state index is -0.0975. The van der Waals surface area contributed by atoms with Gasteiger partial charge in [0.25, 0.3) is 5.91 Å². The summed E-state index contributed by atoms with van der Waals surface area (Å²) in [6, 6.07) is 12.5. The molecule has 0 spiro atoms. The van der Waals surface area contributed by atoms with Gasteiger partial charge in [-0.2, -0.15) is 4.98 Å². The van der Waals surface area contributed by atoms with Crippen molar-refractivity contribution in [2.24, 2.45) is 11.8 Å². The third kappa shape index (κ3) is 5.04. The SMILES string of the molecule is CC1CC(c2ccccc2)CN(c2nc(C(=O)NCC3CC3)cc(N3CCOCC3)n2)C1. The summed E-state index contributed by atoms with van der Waals surface area (Å²) in [5.74, 6) is 2.98. The molecule has 2 aromatic rings. The van der Waals surface area contributed by atoms with Crippen molar-refractivity contribution in [2.45, 2.75) is 32.1 Å². The van der Waals surface area contributed by atoms with E-state index in [1.54, 1.807) is 0 Å². The number of carbonyl (C=O) groups excluding carboxylic acids is 1. The Balaban J connectivity index is 1.42. The lowest BCUT2D eigenvalue weighted by Crippen LogP contribution is -2.41. The van der Waals surface area contributed by atoms with Crippen molar-refractivity contribution in [3.8, 4) is 0 Å². The van der Waals surface area contributed by atoms with Crippen LogP contribution in [0.25, 0.3) is 0 Å². The molecule has 1 N–H and O–H groups in total. The maximum Gasteiger partial charge on any atom is 0.270 e. The van der Waals surface area contributed by atoms with Crippen LogP contribution < -0.4 is 15.1 Å². The predicted molar refractivity (Wildman–Crippen MR) is 125 cm³/mol. The van der Waals surface area contributed by atoms with Crippen molar-refractivity contribution in [3.05, 3.63) is 47.7 Å². The number of piperidine rings is 1. The fraction of sp³-hybridized carbons (Fsp3) is 0.560. The molecule has 3 heterocycles. The molecule has 2 saturated heterocycles. The maximum atomic E-state index is 12.9. The third-order valence-electron chi connectivity index (χ3n) is 6.73. The van der Waals surface area contributed by atoms with Gasteiger partial charge in [0, 0.05) is 44.7 Å². The number of nitrogens with one attached hydrogen (secondary N) is 1. The molecule has 7 nitrogen and oxygen atoms in total. The van der Waals surface area contributed by atoms with Crippen LogP contribution in [0.4, 0.5) is 11.8 Å². The number of aromatic nitrogens is 2. The Morgan fingerprint density at radius 1 is 1.09 bits per heavy atom. The zero-order valence-corrected chi connectivity index (χ0v) is 18.9. The van der Waals surface area contributed by atoms with E-state index in [-0.39, 0.29) is 5.91 Å². The molecule has 0 bridgehead atoms. The molecule has 1 amide bonds. The molecule has 170 valence electrons. The number of nitrogens with zero attached hydrogens (tertiary/aromatic N) is 4. The lowest BCUT2D eigenvalue weighted by atomic mass is 9.85. The van der Waals surface area contributed by atoms with E-state index >= 15 is 0 Å². The topological polar surface area (TPSA) is 70.6 Å². The summed E-state index contributed by atoms with van der Waals surface area (Å²) in [7, 11) is 0. The fourth-order valence-electron chi connectivity index (χ4n) is 4.77. The summed E-state index contributed by atoms with van der Waals surface area (Å²) >= 11 is 0. The van der Waals surface area contributed by atoms with Crippen molar-refractivity contribution in [2.75, 3.05) is 55.7 Å². The van der Waals surface area contributed by atoms with Crippen molar-refractivity contribution >= 4 is 17.7 Å². The highest BCUT2D eigenvalue weighted by atomic mass is 16.5. The number of hydrogen-bond acceptors (Lipinski definition) is 6. The number of rotatable bonds is 6. The first kappa shape index (κ1) is 21.2. The summed E-state index contributed by atoms with van der Waals surface area (Å²) in [6.45, 7) is 7.71. The summed E-state index contributed by atoms with van der Waals surface area (Å²) in [6.07, 6.45) is 3.57. The summed E-state index contributed by atoms with van der Waals surface area (Å²) in [5, 5.41) is 3.07. The molecule has 3 aliphatic rings. The average molecular weight is 436 g/mol. The second-order valence-electron chi connectivity index (χ2n) is 9.52. The predicted octanol–water partition coefficient (Wildman–Crippen LogP) is 3.08. The normalized spacial score (nSPS) is 23.8. The Kier molecular flexibility index (Phi) is 6.26. The van der Waals surface area contributed by atoms with Gasteiger partial charge in [-0.25, -0.2) is 4.98 Å². The Morgan fingerprint density at radius 2 is 1.88 bits per heavy atom. The molecule has 3 fully saturated rings. The number of anilines is 2. The van der Waals surface area contributed by atoms with Gasteiger partial charge in [-0.15, -0.1) is 0 Å². The van der Waals surface area contributed by atoms with E-state index in [9.17, 15) is 4.79 Å². The van der Waals surface area contributed by atoms with Gasteiger partial charge in [-0.05, 0) is 36.7 Å². The van der Waals surface area contributed by atoms with Gasteiger partial charge < -0.3 is 19.9 Å². The van der Waals surface area contributed by atoms with E-state index in [0.717, 1.165) is 45.0 Å². The van der Waals surface area contributed by atoms with E-state index < -0.39 is 0 Å². The first-order valence-corrected chi connectivity index (χ1v) is 12.0. The van der Waals surface area contributed by atoms with Crippen LogP contribution in [-0.4, -0.2) is 61.8 Å². The highest BCUT2D eigenvalue weighted by molar-refractivity contribution is 5.93. The van der Waals surface area contributed by atoms with Gasteiger partial charge >= 0.3 is 0 Å². The molecule has 2 aliphatic heterocycles. The average Bonchev–Trinajstić information content (AvgIpc) is 3.67. The Morgan fingerprint density at radius 3 is 2.62 bits per heavy atom. The second-order valence-corrected chi connectivity index (χ2v) is 9.52. The standard InChI is InChI=1S/C25H33N5O2/c1-18-13-21(20-5-3-2-4-6-20)17-30(16-18)25-27-22(24(31)26-15-19-7-8-19)14-23(28-25)29-9-11-32-12-10-29/h2-6,14,18-19,21H,7-13,15-17H2,1H3,(H,26,31). The zero-order valence-electron chi connectivity index (χ0n) is 18.9. The molecule has 1 aromatic carbocycles. The van der Waals surface area contributed by atoms with E-state index in [4.69, 9.17) is 14.7 Å². The first-order valence-electron chi connectivity index (χ1n) is 12.0. The van der Waals surface area contributed by atoms with Gasteiger partial charge in [0.05, 0.1) is 13.2 Å². The van der Waals surface area contributed by atoms with Crippen molar-refractivity contribution in [1.29, 1.82) is 0 Å². The molecule has 1 aliphatic carbocycles. The van der Waals surface area contributed by atoms with Crippen LogP contribution in [0.1, 0.15) is 48.2 Å². The Hall–Kier alpha value is -2.67. The highest BCUT2D eigenvalue weighted by Crippen LogP contribution is 2.32. The maximum absolute atomic E-state index is 12.9. The second kappa shape index (κ2) is 9.45. The minimum Gasteiger partial charge on any atom is -0.378 e. The molecule has 2 atom stereocenters. The number of ether oxygens (including phenoxy) is 1. The van der Waals surface area contributed by atoms with Gasteiger partial charge in [-0.1, -0.05) is 37.3 Å². The minimum absolute atomic E-state index is 0.0975. The van der Waals surface area contributed by atoms with Crippen LogP contribution in [0.3, 0.4) is 0 Å². The van der Waals surface area contributed by atoms with Crippen LogP contribution in [-0.2, 0) is 4.74 Å². The van der Waals surface area contributed by atoms with Gasteiger partial charge in [0.1, 0.15) is 11.5 Å². The molecule has 1 aromatic heterocycles. The first-order chi connectivity index (χ1) is 15.7. The summed E-state index contributed by atoms with van der Waals surface area (Å²) in [5.41, 5.74) is 1.82. The van der Waals surface area contributed by atoms with Crippen LogP contribution >= 0.6 is 0 Å². The van der Waals surface area contributed by atoms with Crippen molar-refractivity contribution in [3.63, 3.8) is 0 Å². The monoisotopic (exact) mass is 435 g/mol. The van der Waals surface area contributed by atoms with Crippen molar-refractivity contribution in [1.82, 2.24) is 15.3 Å². The van der Waals surface area contributed by atoms with Gasteiger partial charge in [0.15, 0.2) is 0 Å². The molecular formula is C25H33N5O2. The highest BCUT2D eigenvalue weighted by Gasteiger charge is 2.29. The number of benzene rings is 1. The lowest BCUT2D eigenvalue weighted by molar-refractivity contribution is 0.0946. The third-order valence-corrected chi connectivity index (χ3v) is 6.73. The molecule has 1 saturated carbocycles. The number of amides is 1. The fourth-order valence-corrected chi connectivity index (χ4v) is 4.77. The Bertz CT molecular complexity index is 927. The van der Waals surface area contributed by atoms with Crippen LogP contribution in [0.15, 0.2) is 36.4 Å². The van der Waals surface area contributed by atoms with Crippen molar-refractivity contribution < 1.29 is 9.53 Å². The van der Waals surface area contributed by atoms with Crippen LogP contribution in [0.5, 0.6) is 0 Å². The molecule has 0 radical (unpaired) electrons. The summed E-state index contributed by atoms with van der Waals surface area (Å²) < 4.78 is 5.52. The van der Waals surface area contributed by atoms with Gasteiger partial charge in [0.2, 0.25) is 5.95 Å². The quantitative estimate of drug-likeness (QED) is 0.752. The van der Waals surface area contributed by atoms with Crippen LogP contribution in [0, 0.1) is 11.8 Å². The number of hydrogen-bond donors (Lipinski definition) is 1. The van der Waals surface area contributed by atoms with Crippen LogP contribution in [0.2, 0.25) is 0 Å². The smallest absolute Gasteiger partial charge is 0.270 e. The lowest BCUT2D eigenvalue weighted by Gasteiger charge is -2.37. The molecule has 7 heteroatoms. The largest absolute Gasteiger partial charge is 0.378 e. The van der Waals surface area contributed by atoms with Gasteiger partial charge in [-0.3, -0.25) is 4.79 Å². The molecular weight excluding hydrogens is 402 g/mol. The molecule has 5 rings (SSSR count). The summed E-state index contributed by atoms with van der Waals surface area (Å²) in [4.78, 5) is 27.1. The van der Waals surface area contributed by atoms with E-state index in [1.165, 1.54) is 18.4 Å². The zero-order chi connectivity index (χ0) is 21.9. The molecule has 2 unspecified atom stereocenters. The number of carbonyl (C=O) groups is 1.